The number of hydrogen-bond donors (Lipinski definition) is 1. The van der Waals surface area contributed by atoms with E-state index < -0.39 is 0 Å². The maximum absolute atomic E-state index is 5.80. The van der Waals surface area contributed by atoms with Gasteiger partial charge < -0.3 is 4.90 Å². The molecule has 1 heterocycles. The van der Waals surface area contributed by atoms with E-state index in [0.29, 0.717) is 11.3 Å². The van der Waals surface area contributed by atoms with Gasteiger partial charge in [-0.05, 0) is 61.9 Å². The molecule has 2 aliphatic rings. The number of anilines is 1. The minimum absolute atomic E-state index is 0.0388. The molecule has 1 saturated heterocycles. The first-order valence-corrected chi connectivity index (χ1v) is 8.72. The molecule has 3 rings (SSSR count). The molecule has 0 unspecified atom stereocenters. The molecule has 1 spiro atoms. The van der Waals surface area contributed by atoms with Gasteiger partial charge in [0, 0.05) is 6.54 Å². The SMILES string of the molecule is CCN1C(=S)N(c2ccccc2)N[C@@]12C[C@@H](C)CC(C)(C)C2. The van der Waals surface area contributed by atoms with Crippen molar-refractivity contribution in [2.24, 2.45) is 11.3 Å². The van der Waals surface area contributed by atoms with Crippen LogP contribution >= 0.6 is 12.2 Å². The fourth-order valence-corrected chi connectivity index (χ4v) is 5.08. The fraction of sp³-hybridized carbons (Fsp3) is 0.611. The molecule has 4 heteroatoms. The van der Waals surface area contributed by atoms with Crippen LogP contribution in [0, 0.1) is 11.3 Å². The van der Waals surface area contributed by atoms with Crippen molar-refractivity contribution in [3.05, 3.63) is 30.3 Å². The lowest BCUT2D eigenvalue weighted by Crippen LogP contribution is -2.58. The van der Waals surface area contributed by atoms with Gasteiger partial charge in [-0.3, -0.25) is 0 Å². The first kappa shape index (κ1) is 15.8. The molecule has 0 amide bonds. The Balaban J connectivity index is 1.96. The van der Waals surface area contributed by atoms with Crippen molar-refractivity contribution in [3.63, 3.8) is 0 Å². The van der Waals surface area contributed by atoms with Crippen LogP contribution in [0.5, 0.6) is 0 Å². The predicted molar refractivity (Wildman–Crippen MR) is 96.6 cm³/mol. The van der Waals surface area contributed by atoms with E-state index in [9.17, 15) is 0 Å². The molecular formula is C18H27N3S. The highest BCUT2D eigenvalue weighted by Crippen LogP contribution is 2.47. The number of nitrogens with zero attached hydrogens (tertiary/aromatic N) is 2. The van der Waals surface area contributed by atoms with E-state index in [-0.39, 0.29) is 5.66 Å². The van der Waals surface area contributed by atoms with Crippen molar-refractivity contribution in [2.75, 3.05) is 11.6 Å². The first-order valence-electron chi connectivity index (χ1n) is 8.31. The zero-order valence-corrected chi connectivity index (χ0v) is 14.9. The van der Waals surface area contributed by atoms with Gasteiger partial charge in [0.25, 0.3) is 0 Å². The van der Waals surface area contributed by atoms with Crippen molar-refractivity contribution >= 4 is 23.0 Å². The third-order valence-electron chi connectivity index (χ3n) is 4.95. The van der Waals surface area contributed by atoms with Crippen molar-refractivity contribution in [1.29, 1.82) is 0 Å². The summed E-state index contributed by atoms with van der Waals surface area (Å²) in [4.78, 5) is 2.40. The second-order valence-electron chi connectivity index (χ2n) is 7.70. The Kier molecular flexibility index (Phi) is 3.94. The second kappa shape index (κ2) is 5.50. The summed E-state index contributed by atoms with van der Waals surface area (Å²) < 4.78 is 0. The van der Waals surface area contributed by atoms with E-state index in [4.69, 9.17) is 12.2 Å². The molecule has 0 radical (unpaired) electrons. The molecule has 2 fully saturated rings. The lowest BCUT2D eigenvalue weighted by molar-refractivity contribution is 0.0183. The van der Waals surface area contributed by atoms with E-state index in [1.807, 2.05) is 6.07 Å². The van der Waals surface area contributed by atoms with Gasteiger partial charge in [0.2, 0.25) is 0 Å². The maximum atomic E-state index is 5.80. The quantitative estimate of drug-likeness (QED) is 0.825. The zero-order valence-electron chi connectivity index (χ0n) is 14.1. The van der Waals surface area contributed by atoms with E-state index >= 15 is 0 Å². The average Bonchev–Trinajstić information content (AvgIpc) is 2.69. The van der Waals surface area contributed by atoms with Gasteiger partial charge in [-0.2, -0.15) is 0 Å². The summed E-state index contributed by atoms with van der Waals surface area (Å²) in [6, 6.07) is 10.4. The second-order valence-corrected chi connectivity index (χ2v) is 8.06. The van der Waals surface area contributed by atoms with Crippen LogP contribution in [-0.2, 0) is 0 Å². The minimum atomic E-state index is -0.0388. The van der Waals surface area contributed by atoms with Crippen LogP contribution in [0.25, 0.3) is 0 Å². The Morgan fingerprint density at radius 3 is 2.50 bits per heavy atom. The largest absolute Gasteiger partial charge is 0.328 e. The van der Waals surface area contributed by atoms with Crippen molar-refractivity contribution in [3.8, 4) is 0 Å². The normalized spacial score (nSPS) is 31.1. The molecule has 120 valence electrons. The van der Waals surface area contributed by atoms with Gasteiger partial charge in [0.05, 0.1) is 5.69 Å². The Morgan fingerprint density at radius 2 is 1.91 bits per heavy atom. The van der Waals surface area contributed by atoms with Crippen LogP contribution < -0.4 is 10.4 Å². The van der Waals surface area contributed by atoms with Crippen molar-refractivity contribution in [1.82, 2.24) is 10.3 Å². The molecule has 1 saturated carbocycles. The lowest BCUT2D eigenvalue weighted by Gasteiger charge is -2.49. The molecule has 1 aliphatic carbocycles. The first-order chi connectivity index (χ1) is 10.4. The van der Waals surface area contributed by atoms with Gasteiger partial charge >= 0.3 is 0 Å². The molecule has 0 aromatic heterocycles. The third kappa shape index (κ3) is 2.63. The summed E-state index contributed by atoms with van der Waals surface area (Å²) in [5, 5.41) is 3.01. The molecule has 0 bridgehead atoms. The Labute approximate surface area is 139 Å². The van der Waals surface area contributed by atoms with E-state index in [2.05, 4.69) is 67.3 Å². The number of hydrogen-bond acceptors (Lipinski definition) is 2. The fourth-order valence-electron chi connectivity index (χ4n) is 4.63. The molecular weight excluding hydrogens is 290 g/mol. The van der Waals surface area contributed by atoms with Crippen LogP contribution in [0.3, 0.4) is 0 Å². The summed E-state index contributed by atoms with van der Waals surface area (Å²) in [7, 11) is 0. The predicted octanol–water partition coefficient (Wildman–Crippen LogP) is 4.16. The standard InChI is InChI=1S/C18H27N3S/c1-5-20-16(22)21(15-9-7-6-8-10-15)19-18(20)12-14(2)11-17(3,4)13-18/h6-10,14,19H,5,11-13H2,1-4H3/t14-,18-/m0/s1. The van der Waals surface area contributed by atoms with Crippen molar-refractivity contribution in [2.45, 2.75) is 52.6 Å². The number of hydrazine groups is 1. The highest BCUT2D eigenvalue weighted by atomic mass is 32.1. The summed E-state index contributed by atoms with van der Waals surface area (Å²) in [6.07, 6.45) is 3.56. The van der Waals surface area contributed by atoms with Crippen LogP contribution in [-0.4, -0.2) is 22.2 Å². The minimum Gasteiger partial charge on any atom is -0.328 e. The van der Waals surface area contributed by atoms with Crippen LogP contribution in [0.2, 0.25) is 0 Å². The van der Waals surface area contributed by atoms with Gasteiger partial charge in [0.1, 0.15) is 5.66 Å². The van der Waals surface area contributed by atoms with Crippen LogP contribution in [0.15, 0.2) is 30.3 Å². The van der Waals surface area contributed by atoms with Gasteiger partial charge in [-0.1, -0.05) is 39.0 Å². The molecule has 2 atom stereocenters. The highest BCUT2D eigenvalue weighted by molar-refractivity contribution is 7.80. The van der Waals surface area contributed by atoms with Gasteiger partial charge in [-0.25, -0.2) is 10.4 Å². The number of rotatable bonds is 2. The highest BCUT2D eigenvalue weighted by Gasteiger charge is 2.52. The molecule has 1 aromatic carbocycles. The van der Waals surface area contributed by atoms with E-state index in [1.165, 1.54) is 6.42 Å². The number of thiocarbonyl (C=S) groups is 1. The summed E-state index contributed by atoms with van der Waals surface area (Å²) in [5.74, 6) is 0.698. The summed E-state index contributed by atoms with van der Waals surface area (Å²) in [6.45, 7) is 10.3. The molecule has 1 aromatic rings. The zero-order chi connectivity index (χ0) is 16.0. The Morgan fingerprint density at radius 1 is 1.23 bits per heavy atom. The topological polar surface area (TPSA) is 18.5 Å². The number of nitrogens with one attached hydrogen (secondary N) is 1. The average molecular weight is 318 g/mol. The van der Waals surface area contributed by atoms with Crippen LogP contribution in [0.1, 0.15) is 47.0 Å². The van der Waals surface area contributed by atoms with E-state index in [1.54, 1.807) is 0 Å². The number of para-hydroxylation sites is 1. The molecule has 1 aliphatic heterocycles. The Bertz CT molecular complexity index is 557. The van der Waals surface area contributed by atoms with Gasteiger partial charge in [-0.15, -0.1) is 0 Å². The third-order valence-corrected chi connectivity index (χ3v) is 5.35. The van der Waals surface area contributed by atoms with Gasteiger partial charge in [0.15, 0.2) is 5.11 Å². The number of benzene rings is 1. The monoisotopic (exact) mass is 317 g/mol. The molecule has 3 nitrogen and oxygen atoms in total. The summed E-state index contributed by atoms with van der Waals surface area (Å²) >= 11 is 5.80. The van der Waals surface area contributed by atoms with Crippen molar-refractivity contribution < 1.29 is 0 Å². The van der Waals surface area contributed by atoms with E-state index in [0.717, 1.165) is 30.2 Å². The maximum Gasteiger partial charge on any atom is 0.192 e. The molecule has 1 N–H and O–H groups in total. The Hall–Kier alpha value is -1.13. The molecule has 22 heavy (non-hydrogen) atoms. The van der Waals surface area contributed by atoms with Crippen LogP contribution in [0.4, 0.5) is 5.69 Å². The summed E-state index contributed by atoms with van der Waals surface area (Å²) in [5.41, 5.74) is 5.20. The lowest BCUT2D eigenvalue weighted by atomic mass is 9.67. The smallest absolute Gasteiger partial charge is 0.192 e.